The Morgan fingerprint density at radius 2 is 1.65 bits per heavy atom. The second-order valence-corrected chi connectivity index (χ2v) is 7.98. The van der Waals surface area contributed by atoms with E-state index in [0.29, 0.717) is 18.9 Å². The van der Waals surface area contributed by atoms with Crippen LogP contribution in [0.3, 0.4) is 0 Å². The molecule has 6 nitrogen and oxygen atoms in total. The molecule has 0 aliphatic rings. The van der Waals surface area contributed by atoms with Crippen LogP contribution in [0.1, 0.15) is 35.5 Å². The Kier molecular flexibility index (Phi) is 7.60. The van der Waals surface area contributed by atoms with E-state index in [2.05, 4.69) is 10.3 Å². The van der Waals surface area contributed by atoms with Crippen LogP contribution < -0.4 is 10.1 Å². The fourth-order valence-corrected chi connectivity index (χ4v) is 3.51. The zero-order valence-corrected chi connectivity index (χ0v) is 19.4. The maximum Gasteiger partial charge on any atom is 0.407 e. The van der Waals surface area contributed by atoms with Crippen molar-refractivity contribution in [3.63, 3.8) is 0 Å². The van der Waals surface area contributed by atoms with Gasteiger partial charge >= 0.3 is 6.09 Å². The molecule has 0 unspecified atom stereocenters. The Bertz CT molecular complexity index is 1190. The molecule has 1 amide bonds. The summed E-state index contributed by atoms with van der Waals surface area (Å²) in [6.07, 6.45) is 0.198. The minimum Gasteiger partial charge on any atom is -0.493 e. The van der Waals surface area contributed by atoms with Gasteiger partial charge in [-0.1, -0.05) is 60.7 Å². The number of amides is 1. The van der Waals surface area contributed by atoms with Gasteiger partial charge in [-0.15, -0.1) is 0 Å². The van der Waals surface area contributed by atoms with Crippen LogP contribution in [0.2, 0.25) is 0 Å². The monoisotopic (exact) mass is 456 g/mol. The molecule has 174 valence electrons. The summed E-state index contributed by atoms with van der Waals surface area (Å²) in [5, 5.41) is 2.85. The van der Waals surface area contributed by atoms with Gasteiger partial charge in [-0.05, 0) is 49.2 Å². The van der Waals surface area contributed by atoms with Crippen molar-refractivity contribution >= 4 is 6.09 Å². The van der Waals surface area contributed by atoms with Gasteiger partial charge in [-0.2, -0.15) is 0 Å². The van der Waals surface area contributed by atoms with Crippen LogP contribution in [0.4, 0.5) is 4.79 Å². The third-order valence-electron chi connectivity index (χ3n) is 5.45. The first-order valence-corrected chi connectivity index (χ1v) is 11.3. The molecule has 0 aliphatic heterocycles. The number of rotatable bonds is 9. The average Bonchev–Trinajstić information content (AvgIpc) is 3.24. The summed E-state index contributed by atoms with van der Waals surface area (Å²) in [6.45, 7) is 4.56. The summed E-state index contributed by atoms with van der Waals surface area (Å²) in [5.74, 6) is 2.19. The van der Waals surface area contributed by atoms with E-state index in [1.807, 2.05) is 98.8 Å². The highest BCUT2D eigenvalue weighted by molar-refractivity contribution is 5.67. The molecular formula is C28H28N2O4. The highest BCUT2D eigenvalue weighted by atomic mass is 16.5. The summed E-state index contributed by atoms with van der Waals surface area (Å²) in [4.78, 5) is 16.7. The minimum atomic E-state index is -0.450. The van der Waals surface area contributed by atoms with Crippen molar-refractivity contribution in [1.29, 1.82) is 0 Å². The predicted molar refractivity (Wildman–Crippen MR) is 130 cm³/mol. The van der Waals surface area contributed by atoms with Crippen LogP contribution in [0.25, 0.3) is 11.5 Å². The quantitative estimate of drug-likeness (QED) is 0.322. The second kappa shape index (κ2) is 11.2. The van der Waals surface area contributed by atoms with Gasteiger partial charge in [0.05, 0.1) is 18.3 Å². The van der Waals surface area contributed by atoms with E-state index < -0.39 is 6.09 Å². The van der Waals surface area contributed by atoms with E-state index in [-0.39, 0.29) is 12.6 Å². The molecule has 0 saturated carbocycles. The first-order chi connectivity index (χ1) is 16.6. The lowest BCUT2D eigenvalue weighted by Crippen LogP contribution is -2.27. The molecule has 1 atom stereocenters. The SMILES string of the molecule is Cc1oc(-c2ccccc2)nc1CCOc1ccc([C@H](C)NC(=O)OCc2ccccc2)cc1. The van der Waals surface area contributed by atoms with E-state index in [0.717, 1.165) is 33.9 Å². The number of alkyl carbamates (subject to hydrolysis) is 1. The fourth-order valence-electron chi connectivity index (χ4n) is 3.51. The van der Waals surface area contributed by atoms with Crippen LogP contribution in [0.15, 0.2) is 89.3 Å². The third kappa shape index (κ3) is 6.25. The van der Waals surface area contributed by atoms with Gasteiger partial charge < -0.3 is 19.2 Å². The van der Waals surface area contributed by atoms with Crippen molar-refractivity contribution in [2.75, 3.05) is 6.61 Å². The fraction of sp³-hybridized carbons (Fsp3) is 0.214. The lowest BCUT2D eigenvalue weighted by molar-refractivity contribution is 0.136. The number of oxazole rings is 1. The van der Waals surface area contributed by atoms with E-state index in [4.69, 9.17) is 13.9 Å². The number of hydrogen-bond donors (Lipinski definition) is 1. The third-order valence-corrected chi connectivity index (χ3v) is 5.45. The number of nitrogens with one attached hydrogen (secondary N) is 1. The van der Waals surface area contributed by atoms with Gasteiger partial charge in [-0.3, -0.25) is 0 Å². The summed E-state index contributed by atoms with van der Waals surface area (Å²) in [6, 6.07) is 26.9. The molecule has 1 N–H and O–H groups in total. The van der Waals surface area contributed by atoms with Gasteiger partial charge in [0.15, 0.2) is 0 Å². The molecule has 0 radical (unpaired) electrons. The molecular weight excluding hydrogens is 428 g/mol. The van der Waals surface area contributed by atoms with Gasteiger partial charge in [0.1, 0.15) is 18.1 Å². The molecule has 0 aliphatic carbocycles. The maximum absolute atomic E-state index is 12.1. The molecule has 6 heteroatoms. The highest BCUT2D eigenvalue weighted by Crippen LogP contribution is 2.22. The van der Waals surface area contributed by atoms with Gasteiger partial charge in [0.25, 0.3) is 0 Å². The number of carbonyl (C=O) groups is 1. The van der Waals surface area contributed by atoms with Crippen molar-refractivity contribution in [2.24, 2.45) is 0 Å². The Labute approximate surface area is 199 Å². The predicted octanol–water partition coefficient (Wildman–Crippen LogP) is 6.26. The summed E-state index contributed by atoms with van der Waals surface area (Å²) < 4.78 is 17.0. The van der Waals surface area contributed by atoms with Crippen LogP contribution in [-0.4, -0.2) is 17.7 Å². The lowest BCUT2D eigenvalue weighted by atomic mass is 10.1. The summed E-state index contributed by atoms with van der Waals surface area (Å²) >= 11 is 0. The van der Waals surface area contributed by atoms with E-state index in [9.17, 15) is 4.79 Å². The first-order valence-electron chi connectivity index (χ1n) is 11.3. The number of aryl methyl sites for hydroxylation is 1. The summed E-state index contributed by atoms with van der Waals surface area (Å²) in [5.41, 5.74) is 3.76. The van der Waals surface area contributed by atoms with E-state index in [1.54, 1.807) is 0 Å². The molecule has 0 bridgehead atoms. The number of ether oxygens (including phenoxy) is 2. The van der Waals surface area contributed by atoms with Gasteiger partial charge in [0, 0.05) is 12.0 Å². The maximum atomic E-state index is 12.1. The van der Waals surface area contributed by atoms with Gasteiger partial charge in [-0.25, -0.2) is 9.78 Å². The minimum absolute atomic E-state index is 0.188. The topological polar surface area (TPSA) is 73.6 Å². The number of carbonyl (C=O) groups excluding carboxylic acids is 1. The summed E-state index contributed by atoms with van der Waals surface area (Å²) in [7, 11) is 0. The molecule has 0 saturated heterocycles. The second-order valence-electron chi connectivity index (χ2n) is 7.98. The van der Waals surface area contributed by atoms with Crippen molar-refractivity contribution in [3.05, 3.63) is 108 Å². The normalized spacial score (nSPS) is 11.6. The van der Waals surface area contributed by atoms with E-state index >= 15 is 0 Å². The lowest BCUT2D eigenvalue weighted by Gasteiger charge is -2.15. The van der Waals surface area contributed by atoms with Crippen molar-refractivity contribution < 1.29 is 18.7 Å². The Hall–Kier alpha value is -4.06. The van der Waals surface area contributed by atoms with Crippen molar-refractivity contribution in [1.82, 2.24) is 10.3 Å². The highest BCUT2D eigenvalue weighted by Gasteiger charge is 2.13. The largest absolute Gasteiger partial charge is 0.493 e. The van der Waals surface area contributed by atoms with Crippen molar-refractivity contribution in [2.45, 2.75) is 32.9 Å². The smallest absolute Gasteiger partial charge is 0.407 e. The molecule has 3 aromatic carbocycles. The molecule has 1 heterocycles. The number of benzene rings is 3. The molecule has 0 fully saturated rings. The standard InChI is InChI=1S/C28H28N2O4/c1-20(29-28(31)33-19-22-9-5-3-6-10-22)23-13-15-25(16-14-23)32-18-17-26-21(2)34-27(30-26)24-11-7-4-8-12-24/h3-16,20H,17-19H2,1-2H3,(H,29,31)/t20-/m0/s1. The van der Waals surface area contributed by atoms with Crippen molar-refractivity contribution in [3.8, 4) is 17.2 Å². The Balaban J connectivity index is 1.24. The Morgan fingerprint density at radius 1 is 0.971 bits per heavy atom. The zero-order valence-electron chi connectivity index (χ0n) is 19.4. The first kappa shape index (κ1) is 23.1. The van der Waals surface area contributed by atoms with Crippen LogP contribution in [0, 0.1) is 6.92 Å². The zero-order chi connectivity index (χ0) is 23.8. The molecule has 34 heavy (non-hydrogen) atoms. The Morgan fingerprint density at radius 3 is 2.35 bits per heavy atom. The molecule has 1 aromatic heterocycles. The molecule has 4 aromatic rings. The van der Waals surface area contributed by atoms with Crippen LogP contribution >= 0.6 is 0 Å². The number of nitrogens with zero attached hydrogens (tertiary/aromatic N) is 1. The van der Waals surface area contributed by atoms with Gasteiger partial charge in [0.2, 0.25) is 5.89 Å². The number of aromatic nitrogens is 1. The van der Waals surface area contributed by atoms with E-state index in [1.165, 1.54) is 0 Å². The molecule has 4 rings (SSSR count). The average molecular weight is 457 g/mol. The number of hydrogen-bond acceptors (Lipinski definition) is 5. The molecule has 0 spiro atoms. The van der Waals surface area contributed by atoms with Crippen LogP contribution in [-0.2, 0) is 17.8 Å². The van der Waals surface area contributed by atoms with Crippen LogP contribution in [0.5, 0.6) is 5.75 Å².